The lowest BCUT2D eigenvalue weighted by Gasteiger charge is -2.59. The maximum atomic E-state index is 2.80. The zero-order chi connectivity index (χ0) is 23.3. The molecule has 169 valence electrons. The minimum Gasteiger partial charge on any atom is -0.133 e. The zero-order valence-corrected chi connectivity index (χ0v) is 32.5. The highest BCUT2D eigenvalue weighted by Gasteiger charge is 2.58. The quantitative estimate of drug-likeness (QED) is 0.195. The van der Waals surface area contributed by atoms with Crippen molar-refractivity contribution in [3.63, 3.8) is 0 Å². The summed E-state index contributed by atoms with van der Waals surface area (Å²) < 4.78 is 0. The molecule has 0 aliphatic rings. The van der Waals surface area contributed by atoms with Gasteiger partial charge in [0.2, 0.25) is 0 Å². The highest BCUT2D eigenvalue weighted by Crippen LogP contribution is 2.81. The van der Waals surface area contributed by atoms with E-state index in [-0.39, 0.29) is 7.80 Å². The van der Waals surface area contributed by atoms with E-state index in [2.05, 4.69) is 118 Å². The number of hydrogen-bond donors (Lipinski definition) is 0. The molecule has 0 fully saturated rings. The van der Waals surface area contributed by atoms with Gasteiger partial charge in [-0.3, -0.25) is 0 Å². The van der Waals surface area contributed by atoms with Crippen molar-refractivity contribution >= 4 is 73.9 Å². The molecule has 0 saturated heterocycles. The molecule has 0 saturated carbocycles. The van der Waals surface area contributed by atoms with E-state index in [0.717, 1.165) is 0 Å². The first kappa shape index (κ1) is 30.8. The summed E-state index contributed by atoms with van der Waals surface area (Å²) in [4.78, 5) is 0. The van der Waals surface area contributed by atoms with Crippen LogP contribution in [0.25, 0.3) is 0 Å². The van der Waals surface area contributed by atoms with E-state index in [4.69, 9.17) is 0 Å². The largest absolute Gasteiger partial charge is 0.133 e. The Labute approximate surface area is 190 Å². The summed E-state index contributed by atoms with van der Waals surface area (Å²) in [5.41, 5.74) is 0. The molecule has 0 spiro atoms. The van der Waals surface area contributed by atoms with E-state index in [1.807, 2.05) is 0 Å². The molecule has 0 aromatic rings. The second-order valence-corrected chi connectivity index (χ2v) is 98.5. The highest BCUT2D eigenvalue weighted by atomic mass is 32.2. The van der Waals surface area contributed by atoms with Gasteiger partial charge in [0.05, 0.1) is 46.4 Å². The molecule has 1 radical (unpaired) electrons. The van der Waals surface area contributed by atoms with Crippen molar-refractivity contribution in [2.45, 2.75) is 118 Å². The fourth-order valence-electron chi connectivity index (χ4n) is 5.12. The summed E-state index contributed by atoms with van der Waals surface area (Å²) in [5, 5.41) is 0. The summed E-state index contributed by atoms with van der Waals surface area (Å²) >= 11 is 0. The zero-order valence-electron chi connectivity index (χ0n) is 22.8. The number of hydrogen-bond acceptors (Lipinski definition) is 0. The summed E-state index contributed by atoms with van der Waals surface area (Å²) in [6.45, 7) is 51.4. The lowest BCUT2D eigenvalue weighted by atomic mass is 11.8. The van der Waals surface area contributed by atoms with Gasteiger partial charge < -0.3 is 0 Å². The van der Waals surface area contributed by atoms with Gasteiger partial charge in [0.15, 0.2) is 0 Å². The van der Waals surface area contributed by atoms with Gasteiger partial charge in [-0.2, -0.15) is 0 Å². The van der Waals surface area contributed by atoms with Crippen molar-refractivity contribution < 1.29 is 0 Å². The van der Waals surface area contributed by atoms with Crippen molar-refractivity contribution in [3.05, 3.63) is 0 Å². The van der Waals surface area contributed by atoms with Crippen molar-refractivity contribution in [1.29, 1.82) is 0 Å². The van der Waals surface area contributed by atoms with E-state index < -0.39 is 46.4 Å². The Bertz CT molecular complexity index is 396. The van der Waals surface area contributed by atoms with Crippen LogP contribution in [0.1, 0.15) is 0 Å². The Morgan fingerprint density at radius 2 is 0.393 bits per heavy atom. The van der Waals surface area contributed by atoms with Gasteiger partial charge in [-0.05, 0) is 0 Å². The van der Waals surface area contributed by atoms with Crippen LogP contribution >= 0.6 is 19.7 Å². The van der Waals surface area contributed by atoms with Gasteiger partial charge in [-0.25, -0.2) is 0 Å². The third-order valence-electron chi connectivity index (χ3n) is 4.62. The molecular formula is C18H54P3Si7. The molecule has 0 atom stereocenters. The van der Waals surface area contributed by atoms with Crippen LogP contribution in [-0.4, -0.2) is 54.2 Å². The van der Waals surface area contributed by atoms with E-state index >= 15 is 0 Å². The van der Waals surface area contributed by atoms with Crippen LogP contribution < -0.4 is 0 Å². The Morgan fingerprint density at radius 1 is 0.286 bits per heavy atom. The van der Waals surface area contributed by atoms with Gasteiger partial charge in [0, 0.05) is 0 Å². The molecule has 0 N–H and O–H groups in total. The minimum absolute atomic E-state index is 0.239. The van der Waals surface area contributed by atoms with E-state index in [0.29, 0.717) is 19.7 Å². The van der Waals surface area contributed by atoms with E-state index in [9.17, 15) is 0 Å². The minimum atomic E-state index is -1.13. The van der Waals surface area contributed by atoms with E-state index in [1.54, 1.807) is 0 Å². The molecule has 0 aliphatic carbocycles. The molecular weight excluding hydrogens is 506 g/mol. The normalized spacial score (nSPS) is 16.1. The molecule has 0 rings (SSSR count). The van der Waals surface area contributed by atoms with E-state index in [1.165, 1.54) is 0 Å². The van der Waals surface area contributed by atoms with Crippen LogP contribution in [-0.2, 0) is 0 Å². The summed E-state index contributed by atoms with van der Waals surface area (Å²) in [6.07, 6.45) is 0. The molecule has 0 heterocycles. The first-order chi connectivity index (χ1) is 11.7. The van der Waals surface area contributed by atoms with Gasteiger partial charge >= 0.3 is 0 Å². The number of rotatable bonds is 9. The third kappa shape index (κ3) is 8.63. The lowest BCUT2D eigenvalue weighted by molar-refractivity contribution is 1.84. The van der Waals surface area contributed by atoms with Crippen molar-refractivity contribution in [3.8, 4) is 0 Å². The molecule has 10 heteroatoms. The standard InChI is InChI=1S/C18H54P3Si7/c1-23(2,3)19(24(4,5)6)22(20(25(7,8)9)26(10,11)12)21(27(13,14)15)28(16,17)18/h1-18H3. The highest BCUT2D eigenvalue weighted by molar-refractivity contribution is 8.74. The fraction of sp³-hybridized carbons (Fsp3) is 1.00. The maximum Gasteiger partial charge on any atom is 0.117 e. The molecule has 0 amide bonds. The monoisotopic (exact) mass is 559 g/mol. The molecule has 28 heavy (non-hydrogen) atoms. The maximum absolute atomic E-state index is 2.80. The average Bonchev–Trinajstić information content (AvgIpc) is 2.13. The van der Waals surface area contributed by atoms with Crippen molar-refractivity contribution in [2.75, 3.05) is 0 Å². The Hall–Kier alpha value is 2.81. The molecule has 0 aliphatic heterocycles. The Morgan fingerprint density at radius 3 is 0.464 bits per heavy atom. The molecule has 0 bridgehead atoms. The average molecular weight is 560 g/mol. The summed E-state index contributed by atoms with van der Waals surface area (Å²) in [5.74, 6) is 0. The van der Waals surface area contributed by atoms with Crippen molar-refractivity contribution in [1.82, 2.24) is 0 Å². The smallest absolute Gasteiger partial charge is 0.117 e. The summed E-state index contributed by atoms with van der Waals surface area (Å²) in [7, 11) is -7.04. The van der Waals surface area contributed by atoms with Crippen LogP contribution in [0.15, 0.2) is 0 Å². The van der Waals surface area contributed by atoms with Crippen LogP contribution in [0, 0.1) is 0 Å². The second kappa shape index (κ2) is 9.58. The topological polar surface area (TPSA) is 0 Å². The molecule has 0 nitrogen and oxygen atoms in total. The fourth-order valence-corrected chi connectivity index (χ4v) is 300. The first-order valence-corrected chi connectivity index (χ1v) is 45.1. The van der Waals surface area contributed by atoms with Gasteiger partial charge in [-0.1, -0.05) is 118 Å². The van der Waals surface area contributed by atoms with Gasteiger partial charge in [0.1, 0.15) is 7.80 Å². The van der Waals surface area contributed by atoms with Crippen LogP contribution in [0.4, 0.5) is 0 Å². The van der Waals surface area contributed by atoms with Crippen molar-refractivity contribution in [2.24, 2.45) is 0 Å². The van der Waals surface area contributed by atoms with Gasteiger partial charge in [-0.15, -0.1) is 19.7 Å². The predicted octanol–water partition coefficient (Wildman–Crippen LogP) is 10.4. The second-order valence-electron chi connectivity index (χ2n) is 14.3. The first-order valence-electron chi connectivity index (χ1n) is 11.0. The van der Waals surface area contributed by atoms with Gasteiger partial charge in [0.25, 0.3) is 0 Å². The van der Waals surface area contributed by atoms with Crippen LogP contribution in [0.5, 0.6) is 0 Å². The van der Waals surface area contributed by atoms with Crippen LogP contribution in [0.2, 0.25) is 118 Å². The lowest BCUT2D eigenvalue weighted by Crippen LogP contribution is -2.50. The molecule has 0 aromatic carbocycles. The third-order valence-corrected chi connectivity index (χ3v) is 157. The Balaban J connectivity index is 7.30. The predicted molar refractivity (Wildman–Crippen MR) is 167 cm³/mol. The summed E-state index contributed by atoms with van der Waals surface area (Å²) in [6, 6.07) is 0. The molecule has 0 aromatic heterocycles. The SMILES string of the molecule is C[Si](C)(C)P([Si](P([Si](C)(C)C)[Si](C)(C)C)P([Si](C)(C)C)[Si](C)(C)C)[Si](C)(C)C. The Kier molecular flexibility index (Phi) is 10.5. The molecule has 0 unspecified atom stereocenters. The van der Waals surface area contributed by atoms with Crippen LogP contribution in [0.3, 0.4) is 0 Å².